The first-order chi connectivity index (χ1) is 6.89. The Bertz CT molecular complexity index is 216. The molecule has 0 N–H and O–H groups in total. The molecule has 15 heavy (non-hydrogen) atoms. The molecule has 4 heteroatoms. The van der Waals surface area contributed by atoms with E-state index in [9.17, 15) is 4.79 Å². The van der Waals surface area contributed by atoms with Crippen molar-refractivity contribution in [3.05, 3.63) is 12.2 Å². The first-order valence-electron chi connectivity index (χ1n) is 5.27. The molecule has 1 fully saturated rings. The van der Waals surface area contributed by atoms with Crippen molar-refractivity contribution >= 4 is 14.3 Å². The molecule has 0 aromatic heterocycles. The Kier molecular flexibility index (Phi) is 6.52. The van der Waals surface area contributed by atoms with E-state index in [1.165, 1.54) is 26.0 Å². The van der Waals surface area contributed by atoms with Crippen LogP contribution < -0.4 is 0 Å². The molecule has 0 bridgehead atoms. The van der Waals surface area contributed by atoms with Crippen LogP contribution in [0.1, 0.15) is 19.8 Å². The Labute approximate surface area is 93.6 Å². The van der Waals surface area contributed by atoms with E-state index in [4.69, 9.17) is 4.43 Å². The zero-order valence-electron chi connectivity index (χ0n) is 10.3. The number of methoxy groups -OCH3 is 1. The summed E-state index contributed by atoms with van der Waals surface area (Å²) in [6, 6.07) is 1.37. The van der Waals surface area contributed by atoms with Gasteiger partial charge in [0, 0.05) is 12.2 Å². The molecule has 0 unspecified atom stereocenters. The Hall–Kier alpha value is -0.613. The van der Waals surface area contributed by atoms with E-state index in [0.717, 1.165) is 6.61 Å². The van der Waals surface area contributed by atoms with Crippen LogP contribution in [0.2, 0.25) is 19.1 Å². The highest BCUT2D eigenvalue weighted by molar-refractivity contribution is 6.71. The van der Waals surface area contributed by atoms with Gasteiger partial charge in [0.1, 0.15) is 0 Å². The monoisotopic (exact) mass is 230 g/mol. The number of ether oxygens (including phenoxy) is 1. The molecule has 0 amide bonds. The fourth-order valence-electron chi connectivity index (χ4n) is 1.25. The Morgan fingerprint density at radius 3 is 2.13 bits per heavy atom. The topological polar surface area (TPSA) is 35.5 Å². The van der Waals surface area contributed by atoms with E-state index < -0.39 is 8.32 Å². The van der Waals surface area contributed by atoms with Crippen molar-refractivity contribution in [2.24, 2.45) is 0 Å². The highest BCUT2D eigenvalue weighted by Crippen LogP contribution is 2.20. The van der Waals surface area contributed by atoms with Crippen LogP contribution in [0, 0.1) is 0 Å². The van der Waals surface area contributed by atoms with Crippen LogP contribution in [-0.2, 0) is 14.0 Å². The van der Waals surface area contributed by atoms with Crippen LogP contribution in [0.25, 0.3) is 0 Å². The normalized spacial score (nSPS) is 18.4. The number of carbonyl (C=O) groups excluding carboxylic acids is 1. The molecule has 88 valence electrons. The van der Waals surface area contributed by atoms with Crippen molar-refractivity contribution in [1.29, 1.82) is 0 Å². The predicted molar refractivity (Wildman–Crippen MR) is 64.3 cm³/mol. The highest BCUT2D eigenvalue weighted by Gasteiger charge is 2.24. The largest absolute Gasteiger partial charge is 0.466 e. The molecule has 0 aliphatic carbocycles. The van der Waals surface area contributed by atoms with Crippen molar-refractivity contribution in [3.8, 4) is 0 Å². The molecule has 1 aliphatic rings. The highest BCUT2D eigenvalue weighted by atomic mass is 28.4. The summed E-state index contributed by atoms with van der Waals surface area (Å²) < 4.78 is 9.88. The van der Waals surface area contributed by atoms with E-state index in [1.54, 1.807) is 6.92 Å². The summed E-state index contributed by atoms with van der Waals surface area (Å²) in [6.45, 7) is 10.6. The number of carbonyl (C=O) groups is 1. The predicted octanol–water partition coefficient (Wildman–Crippen LogP) is 2.74. The number of esters is 1. The summed E-state index contributed by atoms with van der Waals surface area (Å²) in [6.07, 6.45) is 2.69. The van der Waals surface area contributed by atoms with Crippen LogP contribution in [0.15, 0.2) is 12.2 Å². The molecule has 0 atom stereocenters. The van der Waals surface area contributed by atoms with Crippen molar-refractivity contribution in [2.45, 2.75) is 38.9 Å². The van der Waals surface area contributed by atoms with E-state index in [1.807, 2.05) is 0 Å². The average molecular weight is 230 g/mol. The quantitative estimate of drug-likeness (QED) is 0.395. The molecular formula is C11H22O3Si. The van der Waals surface area contributed by atoms with E-state index in [0.29, 0.717) is 5.57 Å². The molecule has 1 heterocycles. The molecule has 0 aromatic carbocycles. The van der Waals surface area contributed by atoms with Crippen LogP contribution in [0.5, 0.6) is 0 Å². The molecule has 0 aromatic rings. The Balaban J connectivity index is 0.000000265. The van der Waals surface area contributed by atoms with Crippen molar-refractivity contribution in [3.63, 3.8) is 0 Å². The first-order valence-corrected chi connectivity index (χ1v) is 8.38. The van der Waals surface area contributed by atoms with Gasteiger partial charge in [-0.15, -0.1) is 0 Å². The summed E-state index contributed by atoms with van der Waals surface area (Å²) in [5.74, 6) is -0.347. The third-order valence-corrected chi connectivity index (χ3v) is 4.74. The van der Waals surface area contributed by atoms with E-state index in [2.05, 4.69) is 24.4 Å². The Morgan fingerprint density at radius 1 is 1.40 bits per heavy atom. The third-order valence-electron chi connectivity index (χ3n) is 2.20. The molecule has 1 rings (SSSR count). The summed E-state index contributed by atoms with van der Waals surface area (Å²) in [5.41, 5.74) is 0.433. The van der Waals surface area contributed by atoms with Gasteiger partial charge in [-0.3, -0.25) is 0 Å². The van der Waals surface area contributed by atoms with Gasteiger partial charge >= 0.3 is 5.97 Å². The second-order valence-corrected chi connectivity index (χ2v) is 8.65. The van der Waals surface area contributed by atoms with Gasteiger partial charge in [0.05, 0.1) is 7.11 Å². The zero-order valence-corrected chi connectivity index (χ0v) is 11.3. The molecule has 0 saturated carbocycles. The first kappa shape index (κ1) is 14.4. The summed E-state index contributed by atoms with van der Waals surface area (Å²) in [7, 11) is 0.240. The minimum atomic E-state index is -1.09. The second kappa shape index (κ2) is 6.79. The number of hydrogen-bond acceptors (Lipinski definition) is 3. The lowest BCUT2D eigenvalue weighted by Crippen LogP contribution is -2.33. The fourth-order valence-corrected chi connectivity index (χ4v) is 3.19. The molecule has 0 spiro atoms. The number of hydrogen-bond donors (Lipinski definition) is 0. The maximum Gasteiger partial charge on any atom is 0.332 e. The van der Waals surface area contributed by atoms with Crippen LogP contribution in [0.3, 0.4) is 0 Å². The van der Waals surface area contributed by atoms with Gasteiger partial charge in [0.2, 0.25) is 0 Å². The van der Waals surface area contributed by atoms with Crippen LogP contribution >= 0.6 is 0 Å². The van der Waals surface area contributed by atoms with Crippen molar-refractivity contribution < 1.29 is 14.0 Å². The van der Waals surface area contributed by atoms with Gasteiger partial charge in [-0.25, -0.2) is 4.79 Å². The van der Waals surface area contributed by atoms with E-state index in [-0.39, 0.29) is 5.97 Å². The van der Waals surface area contributed by atoms with Gasteiger partial charge in [-0.05, 0) is 32.5 Å². The van der Waals surface area contributed by atoms with Gasteiger partial charge in [-0.1, -0.05) is 13.0 Å². The standard InChI is InChI=1S/C6H14OSi.C5H8O2/c1-8(2)6-4-3-5-7-8;1-4(2)5(6)7-3/h3-6H2,1-2H3;1H2,2-3H3. The lowest BCUT2D eigenvalue weighted by molar-refractivity contribution is -0.136. The minimum absolute atomic E-state index is 0.347. The zero-order chi connectivity index (χ0) is 11.9. The van der Waals surface area contributed by atoms with Gasteiger partial charge in [-0.2, -0.15) is 0 Å². The third kappa shape index (κ3) is 7.33. The smallest absolute Gasteiger partial charge is 0.332 e. The summed E-state index contributed by atoms with van der Waals surface area (Å²) in [4.78, 5) is 10.2. The Morgan fingerprint density at radius 2 is 2.00 bits per heavy atom. The van der Waals surface area contributed by atoms with Gasteiger partial charge in [0.15, 0.2) is 8.32 Å². The van der Waals surface area contributed by atoms with Gasteiger partial charge < -0.3 is 9.16 Å². The van der Waals surface area contributed by atoms with E-state index >= 15 is 0 Å². The molecule has 3 nitrogen and oxygen atoms in total. The summed E-state index contributed by atoms with van der Waals surface area (Å²) in [5, 5.41) is 0. The van der Waals surface area contributed by atoms with Crippen LogP contribution in [0.4, 0.5) is 0 Å². The van der Waals surface area contributed by atoms with Crippen molar-refractivity contribution in [1.82, 2.24) is 0 Å². The summed E-state index contributed by atoms with van der Waals surface area (Å²) >= 11 is 0. The molecule has 1 saturated heterocycles. The lowest BCUT2D eigenvalue weighted by atomic mass is 10.4. The van der Waals surface area contributed by atoms with Crippen molar-refractivity contribution in [2.75, 3.05) is 13.7 Å². The van der Waals surface area contributed by atoms with Crippen LogP contribution in [-0.4, -0.2) is 28.0 Å². The average Bonchev–Trinajstić information content (AvgIpc) is 2.17. The van der Waals surface area contributed by atoms with Gasteiger partial charge in [0.25, 0.3) is 0 Å². The lowest BCUT2D eigenvalue weighted by Gasteiger charge is -2.27. The molecular weight excluding hydrogens is 208 g/mol. The maximum atomic E-state index is 10.2. The minimum Gasteiger partial charge on any atom is -0.466 e. The SMILES string of the molecule is C=C(C)C(=O)OC.C[Si]1(C)CCCCO1. The molecule has 0 radical (unpaired) electrons. The number of rotatable bonds is 1. The molecule has 1 aliphatic heterocycles. The fraction of sp³-hybridized carbons (Fsp3) is 0.727. The second-order valence-electron chi connectivity index (χ2n) is 4.34. The maximum absolute atomic E-state index is 10.2.